The molecule has 2 rings (SSSR count). The van der Waals surface area contributed by atoms with E-state index >= 15 is 0 Å². The highest BCUT2D eigenvalue weighted by atomic mass is 32.2. The van der Waals surface area contributed by atoms with Gasteiger partial charge >= 0.3 is 0 Å². The van der Waals surface area contributed by atoms with Crippen LogP contribution < -0.4 is 5.56 Å². The summed E-state index contributed by atoms with van der Waals surface area (Å²) in [4.78, 5) is 24.9. The maximum absolute atomic E-state index is 11.3. The molecule has 8 nitrogen and oxygen atoms in total. The largest absolute Gasteiger partial charge is 0.298 e. The van der Waals surface area contributed by atoms with Crippen LogP contribution in [0.5, 0.6) is 0 Å². The Balaban J connectivity index is 1.98. The van der Waals surface area contributed by atoms with Crippen molar-refractivity contribution in [3.8, 4) is 0 Å². The van der Waals surface area contributed by atoms with Gasteiger partial charge in [0.1, 0.15) is 12.2 Å². The van der Waals surface area contributed by atoms with Crippen molar-refractivity contribution >= 4 is 17.5 Å². The van der Waals surface area contributed by atoms with Crippen LogP contribution in [0.1, 0.15) is 18.3 Å². The summed E-state index contributed by atoms with van der Waals surface area (Å²) in [6.45, 7) is 3.29. The highest BCUT2D eigenvalue weighted by Crippen LogP contribution is 2.15. The van der Waals surface area contributed by atoms with E-state index in [9.17, 15) is 9.59 Å². The van der Waals surface area contributed by atoms with Crippen LogP contribution in [0, 0.1) is 6.92 Å². The van der Waals surface area contributed by atoms with Crippen molar-refractivity contribution in [2.45, 2.75) is 31.3 Å². The van der Waals surface area contributed by atoms with E-state index < -0.39 is 0 Å². The van der Waals surface area contributed by atoms with Gasteiger partial charge in [0, 0.05) is 11.9 Å². The fourth-order valence-electron chi connectivity index (χ4n) is 1.30. The second-order valence-corrected chi connectivity index (χ2v) is 4.91. The molecule has 0 unspecified atom stereocenters. The van der Waals surface area contributed by atoms with E-state index in [-0.39, 0.29) is 17.9 Å². The quantitative estimate of drug-likeness (QED) is 0.765. The average Bonchev–Trinajstić information content (AvgIpc) is 2.77. The van der Waals surface area contributed by atoms with E-state index in [1.807, 2.05) is 0 Å². The summed E-state index contributed by atoms with van der Waals surface area (Å²) in [5.41, 5.74) is 0.781. The maximum Gasteiger partial charge on any atom is 0.273 e. The van der Waals surface area contributed by atoms with Crippen molar-refractivity contribution in [3.63, 3.8) is 0 Å². The smallest absolute Gasteiger partial charge is 0.273 e. The summed E-state index contributed by atoms with van der Waals surface area (Å²) in [7, 11) is 0. The van der Waals surface area contributed by atoms with Gasteiger partial charge in [0.05, 0.1) is 5.69 Å². The third kappa shape index (κ3) is 3.71. The Hall–Kier alpha value is -2.03. The second kappa shape index (κ2) is 5.74. The zero-order chi connectivity index (χ0) is 13.8. The van der Waals surface area contributed by atoms with Gasteiger partial charge in [-0.05, 0) is 13.8 Å². The van der Waals surface area contributed by atoms with E-state index in [2.05, 4.69) is 25.5 Å². The SMILES string of the molecule is CC(=O)Cn1cc(CSc2nnc(C)c(=O)[nH]2)nn1. The monoisotopic (exact) mass is 280 g/mol. The van der Waals surface area contributed by atoms with E-state index in [0.717, 1.165) is 0 Å². The van der Waals surface area contributed by atoms with Crippen LogP contribution in [0.15, 0.2) is 16.1 Å². The Morgan fingerprint density at radius 2 is 2.21 bits per heavy atom. The highest BCUT2D eigenvalue weighted by Gasteiger charge is 2.06. The second-order valence-electron chi connectivity index (χ2n) is 3.94. The number of carbonyl (C=O) groups excluding carboxylic acids is 1. The molecule has 2 aromatic heterocycles. The number of nitrogens with zero attached hydrogens (tertiary/aromatic N) is 5. The van der Waals surface area contributed by atoms with Crippen molar-refractivity contribution in [3.05, 3.63) is 27.9 Å². The molecule has 0 aliphatic heterocycles. The first kappa shape index (κ1) is 13.4. The molecule has 0 bridgehead atoms. The zero-order valence-electron chi connectivity index (χ0n) is 10.5. The number of aryl methyl sites for hydroxylation is 1. The molecule has 0 fully saturated rings. The number of aromatic nitrogens is 6. The lowest BCUT2D eigenvalue weighted by molar-refractivity contribution is -0.117. The molecule has 0 aromatic carbocycles. The zero-order valence-corrected chi connectivity index (χ0v) is 11.3. The normalized spacial score (nSPS) is 10.6. The van der Waals surface area contributed by atoms with Crippen molar-refractivity contribution in [1.82, 2.24) is 30.2 Å². The van der Waals surface area contributed by atoms with Crippen LogP contribution in [0.2, 0.25) is 0 Å². The molecule has 0 radical (unpaired) electrons. The van der Waals surface area contributed by atoms with Gasteiger partial charge in [-0.3, -0.25) is 14.6 Å². The Bertz CT molecular complexity index is 649. The van der Waals surface area contributed by atoms with Crippen molar-refractivity contribution < 1.29 is 4.79 Å². The molecule has 2 aromatic rings. The van der Waals surface area contributed by atoms with E-state index in [0.29, 0.717) is 22.3 Å². The van der Waals surface area contributed by atoms with Crippen LogP contribution in [0.3, 0.4) is 0 Å². The minimum atomic E-state index is -0.252. The summed E-state index contributed by atoms with van der Waals surface area (Å²) in [6.07, 6.45) is 1.69. The molecule has 19 heavy (non-hydrogen) atoms. The van der Waals surface area contributed by atoms with Gasteiger partial charge in [-0.15, -0.1) is 15.3 Å². The van der Waals surface area contributed by atoms with E-state index in [1.165, 1.54) is 23.4 Å². The number of aromatic amines is 1. The third-order valence-corrected chi connectivity index (χ3v) is 3.06. The molecule has 0 aliphatic rings. The predicted molar refractivity (Wildman–Crippen MR) is 67.7 cm³/mol. The van der Waals surface area contributed by atoms with Gasteiger partial charge in [-0.1, -0.05) is 17.0 Å². The number of ketones is 1. The van der Waals surface area contributed by atoms with Crippen molar-refractivity contribution in [2.75, 3.05) is 0 Å². The number of carbonyl (C=O) groups is 1. The Labute approximate surface area is 112 Å². The molecule has 1 N–H and O–H groups in total. The molecule has 0 spiro atoms. The number of rotatable bonds is 5. The third-order valence-electron chi connectivity index (χ3n) is 2.17. The lowest BCUT2D eigenvalue weighted by Gasteiger charge is -1.97. The lowest BCUT2D eigenvalue weighted by atomic mass is 10.4. The standard InChI is InChI=1S/C10H12N6O2S/c1-6(17)3-16-4-8(13-15-16)5-19-10-11-9(18)7(2)12-14-10/h4H,3,5H2,1-2H3,(H,11,14,18). The Morgan fingerprint density at radius 3 is 2.89 bits per heavy atom. The van der Waals surface area contributed by atoms with Gasteiger partial charge in [0.2, 0.25) is 0 Å². The number of thioether (sulfide) groups is 1. The van der Waals surface area contributed by atoms with Crippen LogP contribution in [-0.4, -0.2) is 36.0 Å². The highest BCUT2D eigenvalue weighted by molar-refractivity contribution is 7.98. The number of hydrogen-bond acceptors (Lipinski definition) is 7. The van der Waals surface area contributed by atoms with E-state index in [4.69, 9.17) is 0 Å². The number of hydrogen-bond donors (Lipinski definition) is 1. The summed E-state index contributed by atoms with van der Waals surface area (Å²) in [6, 6.07) is 0. The van der Waals surface area contributed by atoms with Crippen LogP contribution >= 0.6 is 11.8 Å². The topological polar surface area (TPSA) is 106 Å². The first-order valence-corrected chi connectivity index (χ1v) is 6.48. The summed E-state index contributed by atoms with van der Waals surface area (Å²) in [5.74, 6) is 0.504. The van der Waals surface area contributed by atoms with Gasteiger partial charge in [0.25, 0.3) is 5.56 Å². The molecule has 0 aliphatic carbocycles. The fourth-order valence-corrected chi connectivity index (χ4v) is 1.98. The number of Topliss-reactive ketones (excluding diaryl/α,β-unsaturated/α-hetero) is 1. The minimum absolute atomic E-state index is 0.0119. The van der Waals surface area contributed by atoms with Gasteiger partial charge < -0.3 is 0 Å². The van der Waals surface area contributed by atoms with Crippen molar-refractivity contribution in [1.29, 1.82) is 0 Å². The number of nitrogens with one attached hydrogen (secondary N) is 1. The van der Waals surface area contributed by atoms with Crippen molar-refractivity contribution in [2.24, 2.45) is 0 Å². The maximum atomic E-state index is 11.3. The molecule has 0 amide bonds. The first-order chi connectivity index (χ1) is 9.04. The molecule has 0 saturated heterocycles. The lowest BCUT2D eigenvalue weighted by Crippen LogP contribution is -2.14. The average molecular weight is 280 g/mol. The molecule has 0 atom stereocenters. The molecular formula is C10H12N6O2S. The molecule has 100 valence electrons. The fraction of sp³-hybridized carbons (Fsp3) is 0.400. The Kier molecular flexibility index (Phi) is 4.05. The minimum Gasteiger partial charge on any atom is -0.298 e. The first-order valence-electron chi connectivity index (χ1n) is 5.49. The molecule has 2 heterocycles. The summed E-state index contributed by atoms with van der Waals surface area (Å²) in [5, 5.41) is 15.8. The molecule has 0 saturated carbocycles. The molecular weight excluding hydrogens is 268 g/mol. The van der Waals surface area contributed by atoms with Gasteiger partial charge in [-0.25, -0.2) is 4.68 Å². The predicted octanol–water partition coefficient (Wildman–Crippen LogP) is -0.0539. The van der Waals surface area contributed by atoms with Gasteiger partial charge in [0.15, 0.2) is 10.9 Å². The summed E-state index contributed by atoms with van der Waals surface area (Å²) >= 11 is 1.30. The number of H-pyrrole nitrogens is 1. The van der Waals surface area contributed by atoms with Gasteiger partial charge in [-0.2, -0.15) is 0 Å². The summed E-state index contributed by atoms with van der Waals surface area (Å²) < 4.78 is 1.47. The van der Waals surface area contributed by atoms with Crippen LogP contribution in [0.4, 0.5) is 0 Å². The van der Waals surface area contributed by atoms with Crippen LogP contribution in [-0.2, 0) is 17.1 Å². The Morgan fingerprint density at radius 1 is 1.42 bits per heavy atom. The molecule has 9 heteroatoms. The van der Waals surface area contributed by atoms with Crippen LogP contribution in [0.25, 0.3) is 0 Å². The van der Waals surface area contributed by atoms with E-state index in [1.54, 1.807) is 13.1 Å².